The van der Waals surface area contributed by atoms with Gasteiger partial charge in [-0.1, -0.05) is 18.2 Å². The van der Waals surface area contributed by atoms with Crippen LogP contribution in [0.15, 0.2) is 42.6 Å². The number of ether oxygens (including phenoxy) is 1. The SMILES string of the molecule is O=C(O)c1ncccc1COc1ccccc1F. The molecule has 5 heteroatoms. The van der Waals surface area contributed by atoms with Gasteiger partial charge >= 0.3 is 5.97 Å². The van der Waals surface area contributed by atoms with Gasteiger partial charge in [0, 0.05) is 11.8 Å². The molecule has 92 valence electrons. The van der Waals surface area contributed by atoms with Crippen molar-refractivity contribution >= 4 is 5.97 Å². The lowest BCUT2D eigenvalue weighted by molar-refractivity contribution is 0.0687. The van der Waals surface area contributed by atoms with E-state index in [-0.39, 0.29) is 18.1 Å². The number of pyridine rings is 1. The number of hydrogen-bond acceptors (Lipinski definition) is 3. The van der Waals surface area contributed by atoms with Gasteiger partial charge in [-0.3, -0.25) is 0 Å². The van der Waals surface area contributed by atoms with Crippen molar-refractivity contribution in [1.82, 2.24) is 4.98 Å². The number of rotatable bonds is 4. The highest BCUT2D eigenvalue weighted by molar-refractivity contribution is 5.86. The molecule has 1 aromatic carbocycles. The lowest BCUT2D eigenvalue weighted by Crippen LogP contribution is -2.08. The van der Waals surface area contributed by atoms with Crippen LogP contribution in [0.1, 0.15) is 16.1 Å². The quantitative estimate of drug-likeness (QED) is 0.901. The summed E-state index contributed by atoms with van der Waals surface area (Å²) >= 11 is 0. The third-order valence-corrected chi connectivity index (χ3v) is 2.31. The van der Waals surface area contributed by atoms with Crippen molar-refractivity contribution in [2.75, 3.05) is 0 Å². The fourth-order valence-corrected chi connectivity index (χ4v) is 1.46. The zero-order chi connectivity index (χ0) is 13.0. The van der Waals surface area contributed by atoms with E-state index in [0.717, 1.165) is 0 Å². The average molecular weight is 247 g/mol. The van der Waals surface area contributed by atoms with Crippen LogP contribution in [-0.2, 0) is 6.61 Å². The van der Waals surface area contributed by atoms with Crippen molar-refractivity contribution in [3.63, 3.8) is 0 Å². The Morgan fingerprint density at radius 2 is 2.06 bits per heavy atom. The van der Waals surface area contributed by atoms with E-state index in [1.54, 1.807) is 24.3 Å². The highest BCUT2D eigenvalue weighted by Crippen LogP contribution is 2.17. The molecule has 1 aromatic heterocycles. The maximum absolute atomic E-state index is 13.3. The molecule has 0 unspecified atom stereocenters. The van der Waals surface area contributed by atoms with Crippen LogP contribution in [0, 0.1) is 5.82 Å². The van der Waals surface area contributed by atoms with Crippen LogP contribution in [0.2, 0.25) is 0 Å². The van der Waals surface area contributed by atoms with E-state index in [0.29, 0.717) is 5.56 Å². The Kier molecular flexibility index (Phi) is 3.52. The number of aromatic carboxylic acids is 1. The fourth-order valence-electron chi connectivity index (χ4n) is 1.46. The standard InChI is InChI=1S/C13H10FNO3/c14-10-5-1-2-6-11(10)18-8-9-4-3-7-15-12(9)13(16)17/h1-7H,8H2,(H,16,17). The van der Waals surface area contributed by atoms with Crippen molar-refractivity contribution in [1.29, 1.82) is 0 Å². The van der Waals surface area contributed by atoms with Gasteiger partial charge in [-0.25, -0.2) is 14.2 Å². The van der Waals surface area contributed by atoms with Crippen LogP contribution in [0.4, 0.5) is 4.39 Å². The predicted octanol–water partition coefficient (Wildman–Crippen LogP) is 2.50. The van der Waals surface area contributed by atoms with Crippen LogP contribution >= 0.6 is 0 Å². The summed E-state index contributed by atoms with van der Waals surface area (Å²) in [4.78, 5) is 14.6. The molecule has 0 spiro atoms. The third kappa shape index (κ3) is 2.63. The van der Waals surface area contributed by atoms with E-state index in [9.17, 15) is 9.18 Å². The smallest absolute Gasteiger partial charge is 0.354 e. The van der Waals surface area contributed by atoms with Crippen LogP contribution in [0.5, 0.6) is 5.75 Å². The van der Waals surface area contributed by atoms with Gasteiger partial charge in [0.1, 0.15) is 6.61 Å². The molecule has 0 bridgehead atoms. The second-order valence-electron chi connectivity index (χ2n) is 3.54. The Morgan fingerprint density at radius 3 is 2.78 bits per heavy atom. The molecule has 0 aliphatic carbocycles. The molecule has 0 fully saturated rings. The summed E-state index contributed by atoms with van der Waals surface area (Å²) in [6, 6.07) is 9.13. The molecule has 18 heavy (non-hydrogen) atoms. The maximum atomic E-state index is 13.3. The Balaban J connectivity index is 2.16. The summed E-state index contributed by atoms with van der Waals surface area (Å²) in [6.07, 6.45) is 1.38. The summed E-state index contributed by atoms with van der Waals surface area (Å²) in [6.45, 7) is -0.0452. The minimum absolute atomic E-state index is 0.0452. The van der Waals surface area contributed by atoms with Crippen LogP contribution in [-0.4, -0.2) is 16.1 Å². The van der Waals surface area contributed by atoms with Crippen molar-refractivity contribution in [2.45, 2.75) is 6.61 Å². The monoisotopic (exact) mass is 247 g/mol. The van der Waals surface area contributed by atoms with Gasteiger partial charge in [0.2, 0.25) is 0 Å². The molecule has 2 rings (SSSR count). The summed E-state index contributed by atoms with van der Waals surface area (Å²) in [5.74, 6) is -1.54. The summed E-state index contributed by atoms with van der Waals surface area (Å²) in [5.41, 5.74) is 0.307. The number of nitrogens with zero attached hydrogens (tertiary/aromatic N) is 1. The normalized spacial score (nSPS) is 10.1. The molecular weight excluding hydrogens is 237 g/mol. The van der Waals surface area contributed by atoms with Crippen molar-refractivity contribution < 1.29 is 19.0 Å². The molecule has 2 aromatic rings. The van der Waals surface area contributed by atoms with Crippen LogP contribution in [0.3, 0.4) is 0 Å². The van der Waals surface area contributed by atoms with Gasteiger partial charge in [0.05, 0.1) is 0 Å². The second kappa shape index (κ2) is 5.27. The summed E-state index contributed by atoms with van der Waals surface area (Å²) in [7, 11) is 0. The molecule has 0 saturated heterocycles. The zero-order valence-corrected chi connectivity index (χ0v) is 9.34. The lowest BCUT2D eigenvalue weighted by atomic mass is 10.2. The second-order valence-corrected chi connectivity index (χ2v) is 3.54. The largest absolute Gasteiger partial charge is 0.486 e. The molecule has 0 saturated carbocycles. The Labute approximate surface area is 103 Å². The first-order valence-electron chi connectivity index (χ1n) is 5.23. The highest BCUT2D eigenvalue weighted by Gasteiger charge is 2.12. The highest BCUT2D eigenvalue weighted by atomic mass is 19.1. The van der Waals surface area contributed by atoms with Crippen LogP contribution in [0.25, 0.3) is 0 Å². The molecule has 0 radical (unpaired) electrons. The first kappa shape index (κ1) is 12.0. The van der Waals surface area contributed by atoms with E-state index in [2.05, 4.69) is 4.98 Å². The van der Waals surface area contributed by atoms with Crippen molar-refractivity contribution in [3.8, 4) is 5.75 Å². The van der Waals surface area contributed by atoms with Gasteiger partial charge in [-0.15, -0.1) is 0 Å². The van der Waals surface area contributed by atoms with Gasteiger partial charge < -0.3 is 9.84 Å². The van der Waals surface area contributed by atoms with Crippen LogP contribution < -0.4 is 4.74 Å². The number of benzene rings is 1. The Hall–Kier alpha value is -2.43. The molecule has 1 N–H and O–H groups in total. The molecule has 0 amide bonds. The molecule has 4 nitrogen and oxygen atoms in total. The van der Waals surface area contributed by atoms with E-state index >= 15 is 0 Å². The van der Waals surface area contributed by atoms with E-state index in [1.165, 1.54) is 18.3 Å². The maximum Gasteiger partial charge on any atom is 0.354 e. The first-order chi connectivity index (χ1) is 8.68. The number of aromatic nitrogens is 1. The summed E-state index contributed by atoms with van der Waals surface area (Å²) in [5, 5.41) is 8.93. The molecule has 0 aliphatic heterocycles. The number of carboxylic acids is 1. The van der Waals surface area contributed by atoms with Gasteiger partial charge in [0.15, 0.2) is 17.3 Å². The van der Waals surface area contributed by atoms with E-state index < -0.39 is 11.8 Å². The number of carbonyl (C=O) groups is 1. The zero-order valence-electron chi connectivity index (χ0n) is 9.34. The minimum atomic E-state index is -1.14. The Morgan fingerprint density at radius 1 is 1.28 bits per heavy atom. The number of para-hydroxylation sites is 1. The fraction of sp³-hybridized carbons (Fsp3) is 0.0769. The van der Waals surface area contributed by atoms with Gasteiger partial charge in [-0.05, 0) is 18.2 Å². The number of halogens is 1. The Bertz CT molecular complexity index is 572. The molecule has 0 aliphatic rings. The predicted molar refractivity (Wildman–Crippen MR) is 61.9 cm³/mol. The third-order valence-electron chi connectivity index (χ3n) is 2.31. The number of carboxylic acid groups (broad SMARTS) is 1. The minimum Gasteiger partial charge on any atom is -0.486 e. The number of hydrogen-bond donors (Lipinski definition) is 1. The first-order valence-corrected chi connectivity index (χ1v) is 5.23. The topological polar surface area (TPSA) is 59.4 Å². The molecule has 1 heterocycles. The van der Waals surface area contributed by atoms with Gasteiger partial charge in [-0.2, -0.15) is 0 Å². The van der Waals surface area contributed by atoms with E-state index in [4.69, 9.17) is 9.84 Å². The lowest BCUT2D eigenvalue weighted by Gasteiger charge is -2.08. The van der Waals surface area contributed by atoms with Crippen molar-refractivity contribution in [2.24, 2.45) is 0 Å². The van der Waals surface area contributed by atoms with E-state index in [1.807, 2.05) is 0 Å². The molecular formula is C13H10FNO3. The average Bonchev–Trinajstić information content (AvgIpc) is 2.38. The summed E-state index contributed by atoms with van der Waals surface area (Å²) < 4.78 is 18.5. The molecule has 0 atom stereocenters. The van der Waals surface area contributed by atoms with Gasteiger partial charge in [0.25, 0.3) is 0 Å². The van der Waals surface area contributed by atoms with Crippen molar-refractivity contribution in [3.05, 3.63) is 59.7 Å².